The maximum Gasteiger partial charge on any atom is 0.326 e. The minimum absolute atomic E-state index is 0.185. The Morgan fingerprint density at radius 3 is 2.00 bits per heavy atom. The zero-order valence-corrected chi connectivity index (χ0v) is 14.2. The second-order valence-electron chi connectivity index (χ2n) is 5.54. The first kappa shape index (κ1) is 18.1. The van der Waals surface area contributed by atoms with Gasteiger partial charge in [0.15, 0.2) is 0 Å². The molecule has 24 heavy (non-hydrogen) atoms. The van der Waals surface area contributed by atoms with Crippen LogP contribution in [0.1, 0.15) is 17.5 Å². The van der Waals surface area contributed by atoms with Gasteiger partial charge < -0.3 is 10.0 Å². The fourth-order valence-corrected chi connectivity index (χ4v) is 2.80. The smallest absolute Gasteiger partial charge is 0.326 e. The molecular formula is C19H21NO3S. The molecule has 126 valence electrons. The SMILES string of the molecule is O=C(O)[C@H](CCS)N(Cc1ccccc1)C(=O)Cc1ccccc1. The van der Waals surface area contributed by atoms with Crippen molar-refractivity contribution >= 4 is 24.5 Å². The van der Waals surface area contributed by atoms with Gasteiger partial charge in [0.2, 0.25) is 5.91 Å². The van der Waals surface area contributed by atoms with E-state index in [4.69, 9.17) is 0 Å². The van der Waals surface area contributed by atoms with Gasteiger partial charge in [-0.25, -0.2) is 4.79 Å². The average Bonchev–Trinajstić information content (AvgIpc) is 2.59. The van der Waals surface area contributed by atoms with Crippen LogP contribution in [0.25, 0.3) is 0 Å². The molecule has 0 radical (unpaired) electrons. The standard InChI is InChI=1S/C19H21NO3S/c21-18(13-15-7-3-1-4-8-15)20(17(11-12-24)19(22)23)14-16-9-5-2-6-10-16/h1-10,17,24H,11-14H2,(H,22,23)/t17-/m0/s1. The van der Waals surface area contributed by atoms with Crippen LogP contribution in [-0.2, 0) is 22.6 Å². The minimum Gasteiger partial charge on any atom is -0.480 e. The number of hydrogen-bond acceptors (Lipinski definition) is 3. The Morgan fingerprint density at radius 2 is 1.50 bits per heavy atom. The van der Waals surface area contributed by atoms with E-state index in [0.717, 1.165) is 11.1 Å². The molecule has 0 saturated heterocycles. The summed E-state index contributed by atoms with van der Waals surface area (Å²) < 4.78 is 0. The highest BCUT2D eigenvalue weighted by Gasteiger charge is 2.29. The van der Waals surface area contributed by atoms with E-state index in [9.17, 15) is 14.7 Å². The fourth-order valence-electron chi connectivity index (χ4n) is 2.56. The van der Waals surface area contributed by atoms with Gasteiger partial charge in [-0.05, 0) is 23.3 Å². The molecule has 0 saturated carbocycles. The Kier molecular flexibility index (Phi) is 6.88. The molecule has 1 amide bonds. The predicted molar refractivity (Wildman–Crippen MR) is 97.0 cm³/mol. The Morgan fingerprint density at radius 1 is 0.958 bits per heavy atom. The molecule has 0 heterocycles. The third-order valence-electron chi connectivity index (χ3n) is 3.78. The zero-order valence-electron chi connectivity index (χ0n) is 13.3. The lowest BCUT2D eigenvalue weighted by Gasteiger charge is -2.29. The van der Waals surface area contributed by atoms with E-state index < -0.39 is 12.0 Å². The quantitative estimate of drug-likeness (QED) is 0.725. The van der Waals surface area contributed by atoms with Crippen molar-refractivity contribution in [3.63, 3.8) is 0 Å². The molecular weight excluding hydrogens is 322 g/mol. The summed E-state index contributed by atoms with van der Waals surface area (Å²) in [6, 6.07) is 17.9. The largest absolute Gasteiger partial charge is 0.480 e. The van der Waals surface area contributed by atoms with Crippen LogP contribution in [0.2, 0.25) is 0 Å². The van der Waals surface area contributed by atoms with Crippen molar-refractivity contribution in [1.29, 1.82) is 0 Å². The van der Waals surface area contributed by atoms with Crippen LogP contribution in [0, 0.1) is 0 Å². The molecule has 0 bridgehead atoms. The fraction of sp³-hybridized carbons (Fsp3) is 0.263. The van der Waals surface area contributed by atoms with Gasteiger partial charge in [0.25, 0.3) is 0 Å². The van der Waals surface area contributed by atoms with Gasteiger partial charge >= 0.3 is 5.97 Å². The van der Waals surface area contributed by atoms with E-state index >= 15 is 0 Å². The van der Waals surface area contributed by atoms with E-state index in [2.05, 4.69) is 12.6 Å². The van der Waals surface area contributed by atoms with Crippen LogP contribution < -0.4 is 0 Å². The van der Waals surface area contributed by atoms with Crippen LogP contribution >= 0.6 is 12.6 Å². The first-order valence-corrected chi connectivity index (χ1v) is 8.46. The molecule has 5 heteroatoms. The van der Waals surface area contributed by atoms with Crippen LogP contribution in [0.5, 0.6) is 0 Å². The second-order valence-corrected chi connectivity index (χ2v) is 5.98. The molecule has 0 aliphatic carbocycles. The average molecular weight is 343 g/mol. The molecule has 2 aromatic rings. The third-order valence-corrected chi connectivity index (χ3v) is 4.04. The van der Waals surface area contributed by atoms with Gasteiger partial charge in [-0.3, -0.25) is 4.79 Å². The van der Waals surface area contributed by atoms with Crippen LogP contribution in [-0.4, -0.2) is 33.7 Å². The van der Waals surface area contributed by atoms with Crippen molar-refractivity contribution in [3.05, 3.63) is 71.8 Å². The Labute approximate surface area is 147 Å². The monoisotopic (exact) mass is 343 g/mol. The van der Waals surface area contributed by atoms with Gasteiger partial charge in [-0.1, -0.05) is 60.7 Å². The molecule has 2 rings (SSSR count). The van der Waals surface area contributed by atoms with Crippen molar-refractivity contribution in [2.75, 3.05) is 5.75 Å². The normalized spacial score (nSPS) is 11.7. The molecule has 0 unspecified atom stereocenters. The number of benzene rings is 2. The number of rotatable bonds is 8. The predicted octanol–water partition coefficient (Wildman–Crippen LogP) is 3.03. The van der Waals surface area contributed by atoms with Gasteiger partial charge in [0.05, 0.1) is 6.42 Å². The van der Waals surface area contributed by atoms with Crippen LogP contribution in [0.4, 0.5) is 0 Å². The molecule has 1 N–H and O–H groups in total. The maximum absolute atomic E-state index is 12.8. The lowest BCUT2D eigenvalue weighted by Crippen LogP contribution is -2.45. The third kappa shape index (κ3) is 5.13. The lowest BCUT2D eigenvalue weighted by molar-refractivity contribution is -0.150. The van der Waals surface area contributed by atoms with E-state index in [1.54, 1.807) is 0 Å². The first-order chi connectivity index (χ1) is 11.6. The highest BCUT2D eigenvalue weighted by atomic mass is 32.1. The number of aliphatic carboxylic acids is 1. The van der Waals surface area contributed by atoms with Crippen molar-refractivity contribution in [1.82, 2.24) is 4.90 Å². The summed E-state index contributed by atoms with van der Waals surface area (Å²) in [6.07, 6.45) is 0.496. The topological polar surface area (TPSA) is 57.6 Å². The van der Waals surface area contributed by atoms with Gasteiger partial charge in [0.1, 0.15) is 6.04 Å². The summed E-state index contributed by atoms with van der Waals surface area (Å²) in [5.74, 6) is -0.790. The van der Waals surface area contributed by atoms with Crippen molar-refractivity contribution in [2.45, 2.75) is 25.4 Å². The number of carboxylic acid groups (broad SMARTS) is 1. The summed E-state index contributed by atoms with van der Waals surface area (Å²) in [7, 11) is 0. The molecule has 0 fully saturated rings. The minimum atomic E-state index is -0.999. The summed E-state index contributed by atoms with van der Waals surface area (Å²) in [4.78, 5) is 25.9. The van der Waals surface area contributed by atoms with E-state index in [-0.39, 0.29) is 18.9 Å². The van der Waals surface area contributed by atoms with E-state index in [1.165, 1.54) is 4.90 Å². The van der Waals surface area contributed by atoms with Crippen LogP contribution in [0.15, 0.2) is 60.7 Å². The maximum atomic E-state index is 12.8. The number of thiol groups is 1. The van der Waals surface area contributed by atoms with Crippen molar-refractivity contribution in [2.24, 2.45) is 0 Å². The van der Waals surface area contributed by atoms with E-state index in [0.29, 0.717) is 12.2 Å². The Hall–Kier alpha value is -2.27. The van der Waals surface area contributed by atoms with Crippen molar-refractivity contribution < 1.29 is 14.7 Å². The number of amides is 1. The number of carbonyl (C=O) groups excluding carboxylic acids is 1. The summed E-state index contributed by atoms with van der Waals surface area (Å²) in [5.41, 5.74) is 1.78. The number of nitrogens with zero attached hydrogens (tertiary/aromatic N) is 1. The van der Waals surface area contributed by atoms with Crippen molar-refractivity contribution in [3.8, 4) is 0 Å². The van der Waals surface area contributed by atoms with Gasteiger partial charge in [0, 0.05) is 6.54 Å². The molecule has 2 aromatic carbocycles. The highest BCUT2D eigenvalue weighted by molar-refractivity contribution is 7.80. The molecule has 4 nitrogen and oxygen atoms in total. The molecule has 0 aliphatic rings. The first-order valence-electron chi connectivity index (χ1n) is 7.83. The second kappa shape index (κ2) is 9.13. The summed E-state index contributed by atoms with van der Waals surface area (Å²) >= 11 is 4.14. The van der Waals surface area contributed by atoms with Gasteiger partial charge in [-0.2, -0.15) is 12.6 Å². The van der Waals surface area contributed by atoms with Crippen LogP contribution in [0.3, 0.4) is 0 Å². The Balaban J connectivity index is 2.23. The number of carboxylic acids is 1. The zero-order chi connectivity index (χ0) is 17.4. The lowest BCUT2D eigenvalue weighted by atomic mass is 10.1. The van der Waals surface area contributed by atoms with E-state index in [1.807, 2.05) is 60.7 Å². The summed E-state index contributed by atoms with van der Waals surface area (Å²) in [6.45, 7) is 0.275. The van der Waals surface area contributed by atoms with Gasteiger partial charge in [-0.15, -0.1) is 0 Å². The molecule has 1 atom stereocenters. The molecule has 0 aromatic heterocycles. The number of carbonyl (C=O) groups is 2. The highest BCUT2D eigenvalue weighted by Crippen LogP contribution is 2.15. The molecule has 0 aliphatic heterocycles. The summed E-state index contributed by atoms with van der Waals surface area (Å²) in [5, 5.41) is 9.54. The molecule has 0 spiro atoms. The Bertz CT molecular complexity index is 661. The number of hydrogen-bond donors (Lipinski definition) is 2.